The normalized spacial score (nSPS) is 11.0. The molecule has 3 aromatic rings. The zero-order valence-corrected chi connectivity index (χ0v) is 12.4. The highest BCUT2D eigenvalue weighted by atomic mass is 16.4. The first-order valence-corrected chi connectivity index (χ1v) is 7.22. The van der Waals surface area contributed by atoms with Crippen molar-refractivity contribution in [2.45, 2.75) is 13.1 Å². The Morgan fingerprint density at radius 2 is 1.73 bits per heavy atom. The van der Waals surface area contributed by atoms with Gasteiger partial charge in [0, 0.05) is 36.6 Å². The minimum Gasteiger partial charge on any atom is -0.477 e. The van der Waals surface area contributed by atoms with Crippen molar-refractivity contribution in [3.05, 3.63) is 71.4 Å². The highest BCUT2D eigenvalue weighted by Gasteiger charge is 2.19. The van der Waals surface area contributed by atoms with Crippen LogP contribution in [0, 0.1) is 0 Å². The molecule has 0 aliphatic rings. The largest absolute Gasteiger partial charge is 0.477 e. The van der Waals surface area contributed by atoms with Gasteiger partial charge < -0.3 is 15.0 Å². The molecule has 2 N–H and O–H groups in total. The first-order chi connectivity index (χ1) is 10.7. The summed E-state index contributed by atoms with van der Waals surface area (Å²) < 4.78 is 1.75. The zero-order chi connectivity index (χ0) is 15.5. The third-order valence-electron chi connectivity index (χ3n) is 3.89. The molecular weight excluding hydrogens is 276 g/mol. The third-order valence-corrected chi connectivity index (χ3v) is 3.89. The Bertz CT molecular complexity index is 807. The number of para-hydroxylation sites is 1. The number of aryl methyl sites for hydroxylation is 1. The maximum absolute atomic E-state index is 11.6. The molecule has 4 heteroatoms. The summed E-state index contributed by atoms with van der Waals surface area (Å²) in [7, 11) is 1.80. The molecule has 4 nitrogen and oxygen atoms in total. The van der Waals surface area contributed by atoms with E-state index in [1.54, 1.807) is 11.6 Å². The molecule has 112 valence electrons. The van der Waals surface area contributed by atoms with Crippen molar-refractivity contribution in [2.24, 2.45) is 7.05 Å². The van der Waals surface area contributed by atoms with E-state index >= 15 is 0 Å². The van der Waals surface area contributed by atoms with Gasteiger partial charge in [-0.1, -0.05) is 48.5 Å². The summed E-state index contributed by atoms with van der Waals surface area (Å²) in [6.45, 7) is 1.24. The van der Waals surface area contributed by atoms with Crippen LogP contribution in [0.15, 0.2) is 54.6 Å². The maximum atomic E-state index is 11.6. The molecule has 0 bridgehead atoms. The van der Waals surface area contributed by atoms with Crippen LogP contribution in [-0.4, -0.2) is 15.6 Å². The van der Waals surface area contributed by atoms with Crippen LogP contribution in [0.2, 0.25) is 0 Å². The Morgan fingerprint density at radius 1 is 1.05 bits per heavy atom. The summed E-state index contributed by atoms with van der Waals surface area (Å²) in [5.74, 6) is -0.893. The average molecular weight is 294 g/mol. The van der Waals surface area contributed by atoms with Crippen LogP contribution in [0.1, 0.15) is 21.6 Å². The van der Waals surface area contributed by atoms with Gasteiger partial charge in [0.15, 0.2) is 0 Å². The number of hydrogen-bond donors (Lipinski definition) is 2. The standard InChI is InChI=1S/C18H18N2O2/c1-20-16-10-6-5-9-14(16)15(17(20)18(21)22)12-19-11-13-7-3-2-4-8-13/h2-10,19H,11-12H2,1H3,(H,21,22). The van der Waals surface area contributed by atoms with Gasteiger partial charge in [0.05, 0.1) is 0 Å². The fourth-order valence-electron chi connectivity index (χ4n) is 2.85. The average Bonchev–Trinajstić information content (AvgIpc) is 2.82. The van der Waals surface area contributed by atoms with Gasteiger partial charge in [-0.25, -0.2) is 4.79 Å². The van der Waals surface area contributed by atoms with Crippen LogP contribution in [-0.2, 0) is 20.1 Å². The van der Waals surface area contributed by atoms with E-state index in [4.69, 9.17) is 0 Å². The second-order valence-corrected chi connectivity index (χ2v) is 5.30. The highest BCUT2D eigenvalue weighted by molar-refractivity contribution is 5.98. The SMILES string of the molecule is Cn1c(C(=O)O)c(CNCc2ccccc2)c2ccccc21. The molecule has 0 fully saturated rings. The molecule has 0 spiro atoms. The highest BCUT2D eigenvalue weighted by Crippen LogP contribution is 2.25. The predicted octanol–water partition coefficient (Wildman–Crippen LogP) is 3.17. The topological polar surface area (TPSA) is 54.3 Å². The lowest BCUT2D eigenvalue weighted by Crippen LogP contribution is -2.16. The van der Waals surface area contributed by atoms with Crippen molar-refractivity contribution in [1.82, 2.24) is 9.88 Å². The van der Waals surface area contributed by atoms with Crippen LogP contribution < -0.4 is 5.32 Å². The summed E-state index contributed by atoms with van der Waals surface area (Å²) in [4.78, 5) is 11.6. The number of rotatable bonds is 5. The first-order valence-electron chi connectivity index (χ1n) is 7.22. The number of carbonyl (C=O) groups is 1. The molecule has 1 heterocycles. The van der Waals surface area contributed by atoms with Gasteiger partial charge in [0.1, 0.15) is 5.69 Å². The molecule has 0 amide bonds. The minimum absolute atomic E-state index is 0.349. The molecular formula is C18H18N2O2. The Hall–Kier alpha value is -2.59. The van der Waals surface area contributed by atoms with E-state index in [-0.39, 0.29) is 0 Å². The minimum atomic E-state index is -0.893. The van der Waals surface area contributed by atoms with Crippen molar-refractivity contribution >= 4 is 16.9 Å². The Labute approximate surface area is 129 Å². The lowest BCUT2D eigenvalue weighted by atomic mass is 10.1. The maximum Gasteiger partial charge on any atom is 0.352 e. The number of nitrogens with one attached hydrogen (secondary N) is 1. The fourth-order valence-corrected chi connectivity index (χ4v) is 2.85. The van der Waals surface area contributed by atoms with Gasteiger partial charge in [0.25, 0.3) is 0 Å². The van der Waals surface area contributed by atoms with Crippen LogP contribution in [0.5, 0.6) is 0 Å². The first kappa shape index (κ1) is 14.4. The van der Waals surface area contributed by atoms with E-state index in [0.717, 1.165) is 16.5 Å². The number of fused-ring (bicyclic) bond motifs is 1. The predicted molar refractivity (Wildman–Crippen MR) is 86.9 cm³/mol. The lowest BCUT2D eigenvalue weighted by Gasteiger charge is -2.06. The Balaban J connectivity index is 1.89. The number of aromatic carboxylic acids is 1. The number of nitrogens with zero attached hydrogens (tertiary/aromatic N) is 1. The Morgan fingerprint density at radius 3 is 2.45 bits per heavy atom. The number of aromatic nitrogens is 1. The van der Waals surface area contributed by atoms with Crippen molar-refractivity contribution in [2.75, 3.05) is 0 Å². The van der Waals surface area contributed by atoms with Crippen molar-refractivity contribution in [1.29, 1.82) is 0 Å². The zero-order valence-electron chi connectivity index (χ0n) is 12.4. The van der Waals surface area contributed by atoms with Gasteiger partial charge in [-0.2, -0.15) is 0 Å². The van der Waals surface area contributed by atoms with Gasteiger partial charge in [-0.15, -0.1) is 0 Å². The van der Waals surface area contributed by atoms with E-state index in [0.29, 0.717) is 18.8 Å². The molecule has 3 rings (SSSR count). The molecule has 2 aromatic carbocycles. The number of carboxylic acid groups (broad SMARTS) is 1. The van der Waals surface area contributed by atoms with Crippen molar-refractivity contribution in [3.63, 3.8) is 0 Å². The molecule has 0 radical (unpaired) electrons. The number of benzene rings is 2. The smallest absolute Gasteiger partial charge is 0.352 e. The van der Waals surface area contributed by atoms with E-state index in [1.807, 2.05) is 54.6 Å². The summed E-state index contributed by atoms with van der Waals surface area (Å²) in [5.41, 5.74) is 3.30. The summed E-state index contributed by atoms with van der Waals surface area (Å²) >= 11 is 0. The quantitative estimate of drug-likeness (QED) is 0.760. The van der Waals surface area contributed by atoms with Crippen LogP contribution in [0.3, 0.4) is 0 Å². The molecule has 1 aromatic heterocycles. The molecule has 22 heavy (non-hydrogen) atoms. The molecule has 0 unspecified atom stereocenters. The summed E-state index contributed by atoms with van der Waals surface area (Å²) in [6, 6.07) is 17.9. The van der Waals surface area contributed by atoms with Gasteiger partial charge >= 0.3 is 5.97 Å². The monoisotopic (exact) mass is 294 g/mol. The number of hydrogen-bond acceptors (Lipinski definition) is 2. The molecule has 0 aliphatic carbocycles. The van der Waals surface area contributed by atoms with Gasteiger partial charge in [-0.05, 0) is 11.6 Å². The molecule has 0 saturated heterocycles. The van der Waals surface area contributed by atoms with Crippen LogP contribution >= 0.6 is 0 Å². The van der Waals surface area contributed by atoms with E-state index in [9.17, 15) is 9.90 Å². The van der Waals surface area contributed by atoms with E-state index in [2.05, 4.69) is 5.32 Å². The summed E-state index contributed by atoms with van der Waals surface area (Å²) in [6.07, 6.45) is 0. The van der Waals surface area contributed by atoms with Crippen molar-refractivity contribution in [3.8, 4) is 0 Å². The molecule has 0 aliphatic heterocycles. The Kier molecular flexibility index (Phi) is 3.94. The molecule has 0 atom stereocenters. The lowest BCUT2D eigenvalue weighted by molar-refractivity contribution is 0.0685. The second-order valence-electron chi connectivity index (χ2n) is 5.30. The second kappa shape index (κ2) is 6.03. The van der Waals surface area contributed by atoms with E-state index < -0.39 is 5.97 Å². The molecule has 0 saturated carbocycles. The van der Waals surface area contributed by atoms with Gasteiger partial charge in [-0.3, -0.25) is 0 Å². The van der Waals surface area contributed by atoms with Crippen LogP contribution in [0.4, 0.5) is 0 Å². The number of carboxylic acids is 1. The van der Waals surface area contributed by atoms with Gasteiger partial charge in [0.2, 0.25) is 0 Å². The third kappa shape index (κ3) is 2.61. The van der Waals surface area contributed by atoms with Crippen molar-refractivity contribution < 1.29 is 9.90 Å². The summed E-state index contributed by atoms with van der Waals surface area (Å²) in [5, 5.41) is 13.8. The van der Waals surface area contributed by atoms with Crippen LogP contribution in [0.25, 0.3) is 10.9 Å². The fraction of sp³-hybridized carbons (Fsp3) is 0.167. The van der Waals surface area contributed by atoms with E-state index in [1.165, 1.54) is 5.56 Å².